The van der Waals surface area contributed by atoms with Gasteiger partial charge in [0.1, 0.15) is 5.60 Å². The van der Waals surface area contributed by atoms with Crippen molar-refractivity contribution in [1.29, 1.82) is 0 Å². The number of hydrogen-bond donors (Lipinski definition) is 1. The van der Waals surface area contributed by atoms with E-state index in [2.05, 4.69) is 5.32 Å². The van der Waals surface area contributed by atoms with Crippen LogP contribution in [0.4, 0.5) is 4.79 Å². The minimum atomic E-state index is -0.542. The Morgan fingerprint density at radius 1 is 1.11 bits per heavy atom. The molecule has 1 aromatic rings. The lowest BCUT2D eigenvalue weighted by atomic mass is 9.97. The molecule has 1 saturated heterocycles. The first-order chi connectivity index (χ1) is 12.7. The number of rotatable bonds is 5. The Hall–Kier alpha value is -2.57. The van der Waals surface area contributed by atoms with Crippen LogP contribution in [0.5, 0.6) is 0 Å². The first-order valence-electron chi connectivity index (χ1n) is 9.20. The second-order valence-electron chi connectivity index (χ2n) is 7.61. The van der Waals surface area contributed by atoms with E-state index in [1.807, 2.05) is 51.1 Å². The predicted molar refractivity (Wildman–Crippen MR) is 99.8 cm³/mol. The number of piperidine rings is 1. The Morgan fingerprint density at radius 3 is 2.33 bits per heavy atom. The molecule has 148 valence electrons. The number of hydrogen-bond acceptors (Lipinski definition) is 5. The van der Waals surface area contributed by atoms with Crippen LogP contribution in [0.2, 0.25) is 0 Å². The molecule has 0 unspecified atom stereocenters. The molecule has 1 aromatic carbocycles. The molecule has 0 atom stereocenters. The van der Waals surface area contributed by atoms with Gasteiger partial charge in [-0.05, 0) is 39.2 Å². The van der Waals surface area contributed by atoms with Crippen LogP contribution in [0, 0.1) is 5.92 Å². The van der Waals surface area contributed by atoms with E-state index in [0.29, 0.717) is 32.5 Å². The molecule has 0 aliphatic carbocycles. The Bertz CT molecular complexity index is 646. The number of carbonyl (C=O) groups is 3. The second-order valence-corrected chi connectivity index (χ2v) is 7.61. The molecule has 0 aromatic heterocycles. The number of ether oxygens (including phenoxy) is 2. The van der Waals surface area contributed by atoms with E-state index in [9.17, 15) is 14.4 Å². The molecule has 2 amide bonds. The van der Waals surface area contributed by atoms with E-state index in [1.54, 1.807) is 4.90 Å². The number of benzene rings is 1. The Morgan fingerprint density at radius 2 is 1.74 bits per heavy atom. The van der Waals surface area contributed by atoms with E-state index in [1.165, 1.54) is 0 Å². The largest absolute Gasteiger partial charge is 0.455 e. The molecule has 1 aliphatic rings. The molecule has 2 rings (SSSR count). The summed E-state index contributed by atoms with van der Waals surface area (Å²) >= 11 is 0. The Labute approximate surface area is 160 Å². The third-order valence-electron chi connectivity index (χ3n) is 4.16. The molecular weight excluding hydrogens is 348 g/mol. The molecule has 27 heavy (non-hydrogen) atoms. The summed E-state index contributed by atoms with van der Waals surface area (Å²) < 4.78 is 10.5. The number of nitrogens with zero attached hydrogens (tertiary/aromatic N) is 1. The lowest BCUT2D eigenvalue weighted by molar-refractivity contribution is -0.154. The maximum Gasteiger partial charge on any atom is 0.410 e. The summed E-state index contributed by atoms with van der Waals surface area (Å²) in [4.78, 5) is 37.6. The average Bonchev–Trinajstić information content (AvgIpc) is 2.64. The monoisotopic (exact) mass is 376 g/mol. The van der Waals surface area contributed by atoms with E-state index < -0.39 is 11.6 Å². The highest BCUT2D eigenvalue weighted by Crippen LogP contribution is 2.20. The van der Waals surface area contributed by atoms with Crippen molar-refractivity contribution in [3.05, 3.63) is 35.9 Å². The zero-order chi connectivity index (χ0) is 19.9. The molecule has 7 heteroatoms. The van der Waals surface area contributed by atoms with Crippen LogP contribution in [-0.4, -0.2) is 48.2 Å². The van der Waals surface area contributed by atoms with Crippen LogP contribution < -0.4 is 5.32 Å². The van der Waals surface area contributed by atoms with Gasteiger partial charge >= 0.3 is 12.1 Å². The highest BCUT2D eigenvalue weighted by molar-refractivity contribution is 5.81. The third kappa shape index (κ3) is 7.29. The Balaban J connectivity index is 1.67. The minimum Gasteiger partial charge on any atom is -0.455 e. The Kier molecular flexibility index (Phi) is 7.21. The minimum absolute atomic E-state index is 0.294. The molecular formula is C20H28N2O5. The highest BCUT2D eigenvalue weighted by atomic mass is 16.6. The van der Waals surface area contributed by atoms with Crippen molar-refractivity contribution in [2.75, 3.05) is 19.7 Å². The number of carbonyl (C=O) groups excluding carboxylic acids is 3. The van der Waals surface area contributed by atoms with Crippen molar-refractivity contribution in [3.63, 3.8) is 0 Å². The van der Waals surface area contributed by atoms with Gasteiger partial charge in [0.25, 0.3) is 5.91 Å². The summed E-state index contributed by atoms with van der Waals surface area (Å²) in [7, 11) is 0. The SMILES string of the molecule is CC(C)(C)OC(=O)N1CCC(C(=O)OCC(=O)NCc2ccccc2)CC1. The number of esters is 1. The van der Waals surface area contributed by atoms with Gasteiger partial charge in [0.05, 0.1) is 5.92 Å². The molecule has 1 fully saturated rings. The van der Waals surface area contributed by atoms with Gasteiger partial charge in [-0.2, -0.15) is 0 Å². The molecule has 0 saturated carbocycles. The fourth-order valence-corrected chi connectivity index (χ4v) is 2.73. The van der Waals surface area contributed by atoms with Gasteiger partial charge in [-0.25, -0.2) is 4.79 Å². The zero-order valence-electron chi connectivity index (χ0n) is 16.2. The highest BCUT2D eigenvalue weighted by Gasteiger charge is 2.30. The maximum absolute atomic E-state index is 12.1. The van der Waals surface area contributed by atoms with Crippen molar-refractivity contribution in [3.8, 4) is 0 Å². The molecule has 1 aliphatic heterocycles. The van der Waals surface area contributed by atoms with Gasteiger partial charge in [0.2, 0.25) is 0 Å². The first-order valence-corrected chi connectivity index (χ1v) is 9.20. The van der Waals surface area contributed by atoms with Crippen molar-refractivity contribution in [2.45, 2.75) is 45.8 Å². The van der Waals surface area contributed by atoms with E-state index in [0.717, 1.165) is 5.56 Å². The molecule has 0 spiro atoms. The average molecular weight is 376 g/mol. The van der Waals surface area contributed by atoms with Gasteiger partial charge in [0, 0.05) is 19.6 Å². The summed E-state index contributed by atoms with van der Waals surface area (Å²) in [5.41, 5.74) is 0.437. The second kappa shape index (κ2) is 9.39. The normalized spacial score (nSPS) is 15.1. The first kappa shape index (κ1) is 20.7. The van der Waals surface area contributed by atoms with Gasteiger partial charge in [-0.3, -0.25) is 9.59 Å². The fraction of sp³-hybridized carbons (Fsp3) is 0.550. The van der Waals surface area contributed by atoms with Crippen LogP contribution in [0.25, 0.3) is 0 Å². The molecule has 0 bridgehead atoms. The summed E-state index contributed by atoms with van der Waals surface area (Å²) in [5.74, 6) is -1.03. The van der Waals surface area contributed by atoms with E-state index >= 15 is 0 Å². The lowest BCUT2D eigenvalue weighted by Crippen LogP contribution is -2.43. The van der Waals surface area contributed by atoms with Crippen LogP contribution in [0.1, 0.15) is 39.2 Å². The van der Waals surface area contributed by atoms with Crippen LogP contribution in [0.15, 0.2) is 30.3 Å². The van der Waals surface area contributed by atoms with Crippen LogP contribution in [-0.2, 0) is 25.6 Å². The number of amides is 2. The molecule has 7 nitrogen and oxygen atoms in total. The van der Waals surface area contributed by atoms with Crippen molar-refractivity contribution >= 4 is 18.0 Å². The van der Waals surface area contributed by atoms with Gasteiger partial charge in [0.15, 0.2) is 6.61 Å². The van der Waals surface area contributed by atoms with Gasteiger partial charge < -0.3 is 19.7 Å². The maximum atomic E-state index is 12.1. The quantitative estimate of drug-likeness (QED) is 0.798. The van der Waals surface area contributed by atoms with Crippen molar-refractivity contribution in [2.24, 2.45) is 5.92 Å². The molecule has 0 radical (unpaired) electrons. The molecule has 1 N–H and O–H groups in total. The number of nitrogens with one attached hydrogen (secondary N) is 1. The lowest BCUT2D eigenvalue weighted by Gasteiger charge is -2.32. The third-order valence-corrected chi connectivity index (χ3v) is 4.16. The summed E-state index contributed by atoms with van der Waals surface area (Å²) in [5, 5.41) is 2.72. The standard InChI is InChI=1S/C20H28N2O5/c1-20(2,3)27-19(25)22-11-9-16(10-12-22)18(24)26-14-17(23)21-13-15-7-5-4-6-8-15/h4-8,16H,9-14H2,1-3H3,(H,21,23). The topological polar surface area (TPSA) is 84.9 Å². The fourth-order valence-electron chi connectivity index (χ4n) is 2.73. The van der Waals surface area contributed by atoms with Gasteiger partial charge in [-0.15, -0.1) is 0 Å². The number of likely N-dealkylation sites (tertiary alicyclic amines) is 1. The smallest absolute Gasteiger partial charge is 0.410 e. The van der Waals surface area contributed by atoms with Crippen molar-refractivity contribution < 1.29 is 23.9 Å². The summed E-state index contributed by atoms with van der Waals surface area (Å²) in [6, 6.07) is 9.51. The van der Waals surface area contributed by atoms with Crippen molar-refractivity contribution in [1.82, 2.24) is 10.2 Å². The summed E-state index contributed by atoms with van der Waals surface area (Å²) in [6.45, 7) is 6.43. The predicted octanol–water partition coefficient (Wildman–Crippen LogP) is 2.49. The summed E-state index contributed by atoms with van der Waals surface area (Å²) in [6.07, 6.45) is 0.641. The van der Waals surface area contributed by atoms with Gasteiger partial charge in [-0.1, -0.05) is 30.3 Å². The van der Waals surface area contributed by atoms with Crippen LogP contribution in [0.3, 0.4) is 0 Å². The molecule has 1 heterocycles. The van der Waals surface area contributed by atoms with E-state index in [-0.39, 0.29) is 24.5 Å². The van der Waals surface area contributed by atoms with E-state index in [4.69, 9.17) is 9.47 Å². The van der Waals surface area contributed by atoms with Crippen LogP contribution >= 0.6 is 0 Å². The zero-order valence-corrected chi connectivity index (χ0v) is 16.2.